The summed E-state index contributed by atoms with van der Waals surface area (Å²) < 4.78 is 12.3. The Hall–Kier alpha value is -1.42. The van der Waals surface area contributed by atoms with Crippen LogP contribution in [0.4, 0.5) is 0 Å². The summed E-state index contributed by atoms with van der Waals surface area (Å²) in [5.74, 6) is 6.86. The summed E-state index contributed by atoms with van der Waals surface area (Å²) in [6, 6.07) is 17.2. The van der Waals surface area contributed by atoms with Crippen LogP contribution < -0.4 is 13.9 Å². The molecule has 2 aromatic carbocycles. The summed E-state index contributed by atoms with van der Waals surface area (Å²) >= 11 is -1.96. The molecule has 2 aromatic rings. The Balaban J connectivity index is 1.98. The molecule has 22 heavy (non-hydrogen) atoms. The Labute approximate surface area is 136 Å². The minimum absolute atomic E-state index is 0.721. The van der Waals surface area contributed by atoms with Gasteiger partial charge in [-0.05, 0) is 0 Å². The number of methoxy groups -OCH3 is 1. The molecule has 0 N–H and O–H groups in total. The van der Waals surface area contributed by atoms with E-state index in [1.54, 1.807) is 7.11 Å². The molecule has 0 unspecified atom stereocenters. The summed E-state index contributed by atoms with van der Waals surface area (Å²) in [5, 5.41) is 1.29. The van der Waals surface area contributed by atoms with E-state index in [4.69, 9.17) is 9.47 Å². The van der Waals surface area contributed by atoms with Crippen molar-refractivity contribution in [2.75, 3.05) is 13.7 Å². The Morgan fingerprint density at radius 2 is 1.45 bits per heavy atom. The van der Waals surface area contributed by atoms with Gasteiger partial charge in [0.25, 0.3) is 0 Å². The maximum atomic E-state index is 5.50. The molecule has 0 aliphatic heterocycles. The fraction of sp³-hybridized carbons (Fsp3) is 0.368. The van der Waals surface area contributed by atoms with Gasteiger partial charge < -0.3 is 0 Å². The molecular formula is C19H26GeO2. The first-order chi connectivity index (χ1) is 10.5. The van der Waals surface area contributed by atoms with Crippen LogP contribution >= 0.6 is 0 Å². The van der Waals surface area contributed by atoms with Gasteiger partial charge in [-0.1, -0.05) is 0 Å². The summed E-state index contributed by atoms with van der Waals surface area (Å²) in [6.07, 6.45) is 1.14. The minimum atomic E-state index is -1.96. The van der Waals surface area contributed by atoms with Crippen LogP contribution in [-0.2, 0) is 6.42 Å². The van der Waals surface area contributed by atoms with E-state index >= 15 is 0 Å². The molecular weight excluding hydrogens is 333 g/mol. The molecule has 0 amide bonds. The van der Waals surface area contributed by atoms with Gasteiger partial charge >= 0.3 is 137 Å². The third-order valence-corrected chi connectivity index (χ3v) is 11.3. The maximum absolute atomic E-state index is 5.50. The van der Waals surface area contributed by atoms with Gasteiger partial charge in [0.15, 0.2) is 0 Å². The molecule has 2 nitrogen and oxygen atoms in total. The van der Waals surface area contributed by atoms with Gasteiger partial charge in [0.1, 0.15) is 0 Å². The molecule has 3 heteroatoms. The number of aryl methyl sites for hydroxylation is 1. The number of hydrogen-bond acceptors (Lipinski definition) is 2. The van der Waals surface area contributed by atoms with Crippen molar-refractivity contribution < 1.29 is 9.47 Å². The second-order valence-corrected chi connectivity index (χ2v) is 16.4. The van der Waals surface area contributed by atoms with Crippen molar-refractivity contribution in [3.05, 3.63) is 54.1 Å². The first kappa shape index (κ1) is 16.9. The summed E-state index contributed by atoms with van der Waals surface area (Å²) in [5.41, 5.74) is 1.40. The Morgan fingerprint density at radius 1 is 0.864 bits per heavy atom. The van der Waals surface area contributed by atoms with Crippen LogP contribution in [0.1, 0.15) is 12.5 Å². The van der Waals surface area contributed by atoms with Crippen LogP contribution in [-0.4, -0.2) is 27.0 Å². The van der Waals surface area contributed by atoms with Gasteiger partial charge in [-0.15, -0.1) is 0 Å². The fourth-order valence-electron chi connectivity index (χ4n) is 2.56. The Kier molecular flexibility index (Phi) is 5.95. The SMILES string of the molecule is CCOc1ccc(C[CH2][Ge]([CH3])([CH3])[c]2ccc(OC)cc2)cc1. The van der Waals surface area contributed by atoms with Crippen LogP contribution in [0.2, 0.25) is 16.8 Å². The molecule has 0 aliphatic carbocycles. The second-order valence-electron chi connectivity index (χ2n) is 6.19. The van der Waals surface area contributed by atoms with Crippen molar-refractivity contribution in [1.29, 1.82) is 0 Å². The van der Waals surface area contributed by atoms with E-state index in [-0.39, 0.29) is 0 Å². The molecule has 0 aliphatic rings. The van der Waals surface area contributed by atoms with E-state index in [9.17, 15) is 0 Å². The first-order valence-corrected chi connectivity index (χ1v) is 14.6. The van der Waals surface area contributed by atoms with E-state index in [0.29, 0.717) is 0 Å². The third-order valence-electron chi connectivity index (χ3n) is 4.14. The average molecular weight is 359 g/mol. The van der Waals surface area contributed by atoms with E-state index < -0.39 is 13.3 Å². The van der Waals surface area contributed by atoms with Gasteiger partial charge in [0.05, 0.1) is 0 Å². The van der Waals surface area contributed by atoms with E-state index in [0.717, 1.165) is 24.5 Å². The molecule has 0 atom stereocenters. The Bertz CT molecular complexity index is 573. The van der Waals surface area contributed by atoms with Crippen molar-refractivity contribution in [2.24, 2.45) is 0 Å². The fourth-order valence-corrected chi connectivity index (χ4v) is 7.33. The molecule has 118 valence electrons. The van der Waals surface area contributed by atoms with Crippen LogP contribution in [0, 0.1) is 0 Å². The van der Waals surface area contributed by atoms with Crippen molar-refractivity contribution >= 4 is 17.7 Å². The molecule has 0 heterocycles. The summed E-state index contributed by atoms with van der Waals surface area (Å²) in [6.45, 7) is 2.73. The number of ether oxygens (including phenoxy) is 2. The van der Waals surface area contributed by atoms with Gasteiger partial charge in [-0.2, -0.15) is 0 Å². The van der Waals surface area contributed by atoms with Crippen molar-refractivity contribution in [3.8, 4) is 11.5 Å². The zero-order chi connectivity index (χ0) is 16.0. The molecule has 0 radical (unpaired) electrons. The molecule has 0 aromatic heterocycles. The van der Waals surface area contributed by atoms with E-state index in [1.165, 1.54) is 15.2 Å². The van der Waals surface area contributed by atoms with Gasteiger partial charge in [0.2, 0.25) is 0 Å². The molecule has 0 fully saturated rings. The van der Waals surface area contributed by atoms with Crippen LogP contribution in [0.3, 0.4) is 0 Å². The van der Waals surface area contributed by atoms with E-state index in [2.05, 4.69) is 60.0 Å². The van der Waals surface area contributed by atoms with Gasteiger partial charge in [-0.25, -0.2) is 0 Å². The molecule has 0 saturated heterocycles. The van der Waals surface area contributed by atoms with Crippen LogP contribution in [0.5, 0.6) is 11.5 Å². The monoisotopic (exact) mass is 360 g/mol. The summed E-state index contributed by atoms with van der Waals surface area (Å²) in [4.78, 5) is 0. The number of hydrogen-bond donors (Lipinski definition) is 0. The third kappa shape index (κ3) is 4.54. The van der Waals surface area contributed by atoms with Crippen molar-refractivity contribution in [1.82, 2.24) is 0 Å². The zero-order valence-corrected chi connectivity index (χ0v) is 16.2. The predicted molar refractivity (Wildman–Crippen MR) is 96.2 cm³/mol. The molecule has 0 saturated carbocycles. The van der Waals surface area contributed by atoms with Gasteiger partial charge in [-0.3, -0.25) is 0 Å². The molecule has 0 spiro atoms. The first-order valence-electron chi connectivity index (χ1n) is 7.91. The van der Waals surface area contributed by atoms with E-state index in [1.807, 2.05) is 6.92 Å². The van der Waals surface area contributed by atoms with Crippen LogP contribution in [0.15, 0.2) is 48.5 Å². The predicted octanol–water partition coefficient (Wildman–Crippen LogP) is 4.25. The normalized spacial score (nSPS) is 11.3. The quantitative estimate of drug-likeness (QED) is 0.689. The Morgan fingerprint density at radius 3 is 2.00 bits per heavy atom. The number of benzene rings is 2. The molecule has 0 bridgehead atoms. The van der Waals surface area contributed by atoms with Crippen molar-refractivity contribution in [2.45, 2.75) is 30.1 Å². The number of rotatable bonds is 7. The van der Waals surface area contributed by atoms with Crippen molar-refractivity contribution in [3.63, 3.8) is 0 Å². The summed E-state index contributed by atoms with van der Waals surface area (Å²) in [7, 11) is 1.72. The standard InChI is InChI=1S/C19H26GeO2/c1-5-22-19-10-6-16(7-11-19)14-15-20(2,3)17-8-12-18(21-4)13-9-17/h6-13H,5,14-15H2,1-4H3. The topological polar surface area (TPSA) is 18.5 Å². The van der Waals surface area contributed by atoms with Crippen LogP contribution in [0.25, 0.3) is 0 Å². The zero-order valence-electron chi connectivity index (χ0n) is 14.1. The molecule has 2 rings (SSSR count). The van der Waals surface area contributed by atoms with Gasteiger partial charge in [0, 0.05) is 0 Å². The average Bonchev–Trinajstić information content (AvgIpc) is 2.55. The second kappa shape index (κ2) is 7.73.